The molecule has 1 aliphatic heterocycles. The molecular weight excluding hydrogens is 234 g/mol. The van der Waals surface area contributed by atoms with Crippen LogP contribution in [0.1, 0.15) is 37.5 Å². The third-order valence-corrected chi connectivity index (χ3v) is 3.67. The fourth-order valence-electron chi connectivity index (χ4n) is 2.43. The molecule has 2 heteroatoms. The van der Waals surface area contributed by atoms with Gasteiger partial charge in [-0.05, 0) is 41.5 Å². The smallest absolute Gasteiger partial charge is 0.133 e. The molecule has 0 amide bonds. The molecule has 3 rings (SSSR count). The minimum Gasteiger partial charge on any atom is -0.457 e. The van der Waals surface area contributed by atoms with Crippen LogP contribution in [0.4, 0.5) is 0 Å². The highest BCUT2D eigenvalue weighted by Gasteiger charge is 2.19. The molecule has 0 radical (unpaired) electrons. The fraction of sp³-hybridized carbons (Fsp3) is 0.353. The van der Waals surface area contributed by atoms with Crippen LogP contribution in [-0.2, 0) is 18.3 Å². The van der Waals surface area contributed by atoms with Crippen molar-refractivity contribution >= 4 is 0 Å². The molecule has 0 aliphatic carbocycles. The van der Waals surface area contributed by atoms with Crippen molar-refractivity contribution in [2.75, 3.05) is 0 Å². The number of aromatic nitrogens is 1. The number of hydrogen-bond acceptors (Lipinski definition) is 2. The predicted octanol–water partition coefficient (Wildman–Crippen LogP) is 4.27. The average molecular weight is 253 g/mol. The summed E-state index contributed by atoms with van der Waals surface area (Å²) < 4.78 is 6.03. The van der Waals surface area contributed by atoms with E-state index in [0.29, 0.717) is 0 Å². The molecule has 0 bridgehead atoms. The summed E-state index contributed by atoms with van der Waals surface area (Å²) in [5.74, 6) is 1.93. The summed E-state index contributed by atoms with van der Waals surface area (Å²) in [6.45, 7) is 6.72. The Hall–Kier alpha value is -1.83. The van der Waals surface area contributed by atoms with E-state index in [4.69, 9.17) is 4.74 Å². The third kappa shape index (κ3) is 2.35. The van der Waals surface area contributed by atoms with Crippen molar-refractivity contribution < 1.29 is 4.74 Å². The topological polar surface area (TPSA) is 22.1 Å². The fourth-order valence-corrected chi connectivity index (χ4v) is 2.43. The highest BCUT2D eigenvalue weighted by molar-refractivity contribution is 5.46. The second-order valence-corrected chi connectivity index (χ2v) is 6.16. The van der Waals surface area contributed by atoms with E-state index in [9.17, 15) is 0 Å². The molecule has 0 saturated carbocycles. The van der Waals surface area contributed by atoms with Crippen molar-refractivity contribution in [2.24, 2.45) is 0 Å². The van der Waals surface area contributed by atoms with Gasteiger partial charge in [-0.15, -0.1) is 0 Å². The van der Waals surface area contributed by atoms with Gasteiger partial charge in [0.25, 0.3) is 0 Å². The van der Waals surface area contributed by atoms with Gasteiger partial charge in [-0.2, -0.15) is 0 Å². The maximum absolute atomic E-state index is 6.03. The largest absolute Gasteiger partial charge is 0.457 e. The Morgan fingerprint density at radius 2 is 1.74 bits per heavy atom. The van der Waals surface area contributed by atoms with E-state index in [-0.39, 0.29) is 5.41 Å². The number of nitrogens with zero attached hydrogens (tertiary/aromatic N) is 1. The molecule has 1 aromatic heterocycles. The Balaban J connectivity index is 2.02. The molecule has 98 valence electrons. The Labute approximate surface area is 114 Å². The summed E-state index contributed by atoms with van der Waals surface area (Å²) in [6.07, 6.45) is 5.70. The van der Waals surface area contributed by atoms with Gasteiger partial charge in [0.05, 0.1) is 0 Å². The molecule has 19 heavy (non-hydrogen) atoms. The van der Waals surface area contributed by atoms with Gasteiger partial charge in [-0.3, -0.25) is 4.98 Å². The molecule has 0 unspecified atom stereocenters. The zero-order valence-electron chi connectivity index (χ0n) is 11.7. The van der Waals surface area contributed by atoms with Gasteiger partial charge in [0.1, 0.15) is 11.5 Å². The van der Waals surface area contributed by atoms with E-state index in [0.717, 1.165) is 24.3 Å². The van der Waals surface area contributed by atoms with Crippen LogP contribution in [0.25, 0.3) is 0 Å². The first kappa shape index (κ1) is 12.2. The zero-order chi connectivity index (χ0) is 13.5. The number of hydrogen-bond donors (Lipinski definition) is 0. The second-order valence-electron chi connectivity index (χ2n) is 6.16. The van der Waals surface area contributed by atoms with E-state index in [1.807, 2.05) is 12.3 Å². The van der Waals surface area contributed by atoms with Crippen molar-refractivity contribution in [1.29, 1.82) is 0 Å². The lowest BCUT2D eigenvalue weighted by Crippen LogP contribution is -2.11. The molecule has 0 spiro atoms. The zero-order valence-corrected chi connectivity index (χ0v) is 11.7. The van der Waals surface area contributed by atoms with Gasteiger partial charge in [0, 0.05) is 18.0 Å². The third-order valence-electron chi connectivity index (χ3n) is 3.67. The lowest BCUT2D eigenvalue weighted by molar-refractivity contribution is 0.477. The Morgan fingerprint density at radius 3 is 2.53 bits per heavy atom. The van der Waals surface area contributed by atoms with Crippen molar-refractivity contribution in [2.45, 2.75) is 39.0 Å². The lowest BCUT2D eigenvalue weighted by atomic mass is 9.85. The minimum absolute atomic E-state index is 0.176. The van der Waals surface area contributed by atoms with Gasteiger partial charge >= 0.3 is 0 Å². The average Bonchev–Trinajstić information content (AvgIpc) is 2.55. The van der Waals surface area contributed by atoms with Gasteiger partial charge in [-0.25, -0.2) is 0 Å². The molecule has 2 heterocycles. The van der Waals surface area contributed by atoms with Crippen LogP contribution < -0.4 is 4.74 Å². The van der Waals surface area contributed by atoms with Crippen molar-refractivity contribution in [3.8, 4) is 11.5 Å². The van der Waals surface area contributed by atoms with E-state index < -0.39 is 0 Å². The summed E-state index contributed by atoms with van der Waals surface area (Å²) >= 11 is 0. The van der Waals surface area contributed by atoms with Crippen LogP contribution in [0.3, 0.4) is 0 Å². The summed E-state index contributed by atoms with van der Waals surface area (Å²) in [4.78, 5) is 4.18. The summed E-state index contributed by atoms with van der Waals surface area (Å²) in [7, 11) is 0. The van der Waals surface area contributed by atoms with Crippen molar-refractivity contribution in [3.63, 3.8) is 0 Å². The Bertz CT molecular complexity index is 611. The maximum Gasteiger partial charge on any atom is 0.133 e. The van der Waals surface area contributed by atoms with E-state index >= 15 is 0 Å². The molecule has 0 atom stereocenters. The van der Waals surface area contributed by atoms with Crippen LogP contribution >= 0.6 is 0 Å². The first-order valence-electron chi connectivity index (χ1n) is 6.78. The van der Waals surface area contributed by atoms with Gasteiger partial charge < -0.3 is 4.74 Å². The monoisotopic (exact) mass is 253 g/mol. The molecule has 1 aromatic carbocycles. The standard InChI is InChI=1S/C17H19NO/c1-17(2,3)14-6-7-15-12(10-14)4-5-13-11-18-9-8-16(13)19-15/h6-11H,4-5H2,1-3H3. The number of benzene rings is 1. The molecule has 0 fully saturated rings. The number of aryl methyl sites for hydroxylation is 2. The number of fused-ring (bicyclic) bond motifs is 2. The van der Waals surface area contributed by atoms with Gasteiger partial charge in [0.2, 0.25) is 0 Å². The van der Waals surface area contributed by atoms with Crippen molar-refractivity contribution in [3.05, 3.63) is 53.3 Å². The SMILES string of the molecule is CC(C)(C)c1ccc2c(c1)CCc1cnccc1O2. The number of ether oxygens (including phenoxy) is 1. The van der Waals surface area contributed by atoms with E-state index in [1.54, 1.807) is 6.20 Å². The minimum atomic E-state index is 0.176. The molecular formula is C17H19NO. The molecule has 2 aromatic rings. The first-order chi connectivity index (χ1) is 9.04. The lowest BCUT2D eigenvalue weighted by Gasteiger charge is -2.20. The number of pyridine rings is 1. The maximum atomic E-state index is 6.03. The molecule has 0 N–H and O–H groups in total. The van der Waals surface area contributed by atoms with Gasteiger partial charge in [0.15, 0.2) is 0 Å². The summed E-state index contributed by atoms with van der Waals surface area (Å²) in [6, 6.07) is 8.51. The van der Waals surface area contributed by atoms with E-state index in [2.05, 4.69) is 44.0 Å². The van der Waals surface area contributed by atoms with Crippen LogP contribution in [0.2, 0.25) is 0 Å². The van der Waals surface area contributed by atoms with Crippen LogP contribution in [0.15, 0.2) is 36.7 Å². The molecule has 0 saturated heterocycles. The quantitative estimate of drug-likeness (QED) is 0.699. The first-order valence-corrected chi connectivity index (χ1v) is 6.78. The van der Waals surface area contributed by atoms with Crippen LogP contribution in [0, 0.1) is 0 Å². The summed E-state index contributed by atoms with van der Waals surface area (Å²) in [5, 5.41) is 0. The highest BCUT2D eigenvalue weighted by Crippen LogP contribution is 2.35. The van der Waals surface area contributed by atoms with Crippen molar-refractivity contribution in [1.82, 2.24) is 4.98 Å². The molecule has 2 nitrogen and oxygen atoms in total. The highest BCUT2D eigenvalue weighted by atomic mass is 16.5. The second kappa shape index (κ2) is 4.37. The molecule has 1 aliphatic rings. The Kier molecular flexibility index (Phi) is 2.81. The Morgan fingerprint density at radius 1 is 1.00 bits per heavy atom. The predicted molar refractivity (Wildman–Crippen MR) is 76.9 cm³/mol. The van der Waals surface area contributed by atoms with Crippen LogP contribution in [0.5, 0.6) is 11.5 Å². The summed E-state index contributed by atoms with van der Waals surface area (Å²) in [5.41, 5.74) is 4.02. The van der Waals surface area contributed by atoms with Crippen LogP contribution in [-0.4, -0.2) is 4.98 Å². The van der Waals surface area contributed by atoms with Gasteiger partial charge in [-0.1, -0.05) is 32.9 Å². The normalized spacial score (nSPS) is 14.1. The number of rotatable bonds is 0. The van der Waals surface area contributed by atoms with E-state index in [1.165, 1.54) is 16.7 Å².